The largest absolute Gasteiger partial charge is 0.484 e. The summed E-state index contributed by atoms with van der Waals surface area (Å²) < 4.78 is 79.3. The van der Waals surface area contributed by atoms with E-state index in [4.69, 9.17) is 20.3 Å². The molecule has 6 rings (SSSR count). The molecule has 3 N–H and O–H groups in total. The van der Waals surface area contributed by atoms with Gasteiger partial charge in [-0.05, 0) is 48.9 Å². The Kier molecular flexibility index (Phi) is 8.44. The van der Waals surface area contributed by atoms with Crippen LogP contribution in [0.15, 0.2) is 67.0 Å². The minimum absolute atomic E-state index is 0.0528. The standard InChI is InChI=1S/C31H30F3N7O4S/c1-18(19-3-7-22(32)8-4-19)45-25-15-20(5-9-24(25)39-46(42,43)31(33)34)28-27-29(40(2)38-28)23(17-37-30(27)35)21-6-10-26(36-16-21)41-11-13-44-14-12-41/h3-10,15-18,31,39H,11-14H2,1-2H3,(H2,35,37)/t18-/m0/s1. The number of hydrogen-bond acceptors (Lipinski definition) is 9. The summed E-state index contributed by atoms with van der Waals surface area (Å²) in [6.45, 7) is 4.44. The Morgan fingerprint density at radius 1 is 1.00 bits per heavy atom. The van der Waals surface area contributed by atoms with E-state index in [-0.39, 0.29) is 17.3 Å². The average Bonchev–Trinajstić information content (AvgIpc) is 3.40. The van der Waals surface area contributed by atoms with E-state index in [0.717, 1.165) is 30.0 Å². The summed E-state index contributed by atoms with van der Waals surface area (Å²) in [7, 11) is -3.27. The first-order valence-corrected chi connectivity index (χ1v) is 15.8. The van der Waals surface area contributed by atoms with Crippen molar-refractivity contribution in [2.24, 2.45) is 7.05 Å². The van der Waals surface area contributed by atoms with E-state index in [2.05, 4.69) is 14.9 Å². The molecular weight excluding hydrogens is 623 g/mol. The summed E-state index contributed by atoms with van der Waals surface area (Å²) in [5.74, 6) is -3.13. The number of nitrogens with one attached hydrogen (secondary N) is 1. The molecule has 0 spiro atoms. The van der Waals surface area contributed by atoms with Gasteiger partial charge in [-0.2, -0.15) is 13.9 Å². The zero-order chi connectivity index (χ0) is 32.6. The SMILES string of the molecule is C[C@H](Oc1cc(-c2nn(C)c3c(-c4ccc(N5CCOCC5)nc4)cnc(N)c23)ccc1NS(=O)(=O)C(F)F)c1ccc(F)cc1. The Labute approximate surface area is 262 Å². The molecule has 1 aliphatic heterocycles. The molecule has 15 heteroatoms. The van der Waals surface area contributed by atoms with Crippen LogP contribution in [0, 0.1) is 5.82 Å². The molecule has 0 aliphatic carbocycles. The second kappa shape index (κ2) is 12.5. The number of rotatable bonds is 9. The van der Waals surface area contributed by atoms with Gasteiger partial charge in [-0.25, -0.2) is 22.8 Å². The highest BCUT2D eigenvalue weighted by Gasteiger charge is 2.27. The van der Waals surface area contributed by atoms with Gasteiger partial charge in [0.25, 0.3) is 10.0 Å². The first-order chi connectivity index (χ1) is 22.0. The third-order valence-electron chi connectivity index (χ3n) is 7.67. The Balaban J connectivity index is 1.41. The van der Waals surface area contributed by atoms with Crippen molar-refractivity contribution in [3.05, 3.63) is 78.4 Å². The van der Waals surface area contributed by atoms with Gasteiger partial charge in [-0.15, -0.1) is 0 Å². The molecule has 1 saturated heterocycles. The molecule has 2 aromatic carbocycles. The van der Waals surface area contributed by atoms with Gasteiger partial charge >= 0.3 is 5.76 Å². The summed E-state index contributed by atoms with van der Waals surface area (Å²) in [5, 5.41) is 5.24. The summed E-state index contributed by atoms with van der Waals surface area (Å²) in [4.78, 5) is 11.2. The summed E-state index contributed by atoms with van der Waals surface area (Å²) in [6.07, 6.45) is 2.70. The van der Waals surface area contributed by atoms with Crippen LogP contribution in [0.2, 0.25) is 0 Å². The van der Waals surface area contributed by atoms with Gasteiger partial charge in [-0.3, -0.25) is 9.40 Å². The van der Waals surface area contributed by atoms with Crippen LogP contribution in [0.4, 0.5) is 30.5 Å². The molecule has 0 radical (unpaired) electrons. The minimum atomic E-state index is -5.02. The van der Waals surface area contributed by atoms with Crippen molar-refractivity contribution in [1.29, 1.82) is 0 Å². The van der Waals surface area contributed by atoms with Crippen LogP contribution in [0.3, 0.4) is 0 Å². The Morgan fingerprint density at radius 2 is 1.72 bits per heavy atom. The quantitative estimate of drug-likeness (QED) is 0.215. The fourth-order valence-electron chi connectivity index (χ4n) is 5.32. The molecule has 0 saturated carbocycles. The van der Waals surface area contributed by atoms with E-state index in [1.807, 2.05) is 16.9 Å². The van der Waals surface area contributed by atoms with Crippen LogP contribution in [-0.2, 0) is 21.8 Å². The van der Waals surface area contributed by atoms with E-state index in [1.165, 1.54) is 42.5 Å². The molecule has 1 atom stereocenters. The summed E-state index contributed by atoms with van der Waals surface area (Å²) in [6, 6.07) is 13.7. The maximum atomic E-state index is 13.5. The van der Waals surface area contributed by atoms with Gasteiger partial charge in [0.1, 0.15) is 35.0 Å². The highest BCUT2D eigenvalue weighted by molar-refractivity contribution is 7.93. The van der Waals surface area contributed by atoms with Crippen LogP contribution >= 0.6 is 0 Å². The van der Waals surface area contributed by atoms with E-state index >= 15 is 0 Å². The van der Waals surface area contributed by atoms with Gasteiger partial charge in [0.05, 0.1) is 29.8 Å². The van der Waals surface area contributed by atoms with Crippen LogP contribution in [0.1, 0.15) is 18.6 Å². The lowest BCUT2D eigenvalue weighted by atomic mass is 10.0. The number of nitrogens with zero attached hydrogens (tertiary/aromatic N) is 5. The maximum absolute atomic E-state index is 13.5. The Bertz CT molecular complexity index is 1980. The minimum Gasteiger partial charge on any atom is -0.484 e. The van der Waals surface area contributed by atoms with Crippen molar-refractivity contribution in [3.63, 3.8) is 0 Å². The number of ether oxygens (including phenoxy) is 2. The molecule has 1 aliphatic rings. The van der Waals surface area contributed by atoms with Crippen molar-refractivity contribution in [2.75, 3.05) is 41.7 Å². The first kappa shape index (κ1) is 31.1. The normalized spacial score (nSPS) is 14.5. The fraction of sp³-hybridized carbons (Fsp3) is 0.258. The molecule has 1 fully saturated rings. The van der Waals surface area contributed by atoms with E-state index < -0.39 is 27.7 Å². The number of aryl methyl sites for hydroxylation is 1. The first-order valence-electron chi connectivity index (χ1n) is 14.3. The monoisotopic (exact) mass is 653 g/mol. The topological polar surface area (TPSA) is 137 Å². The number of anilines is 3. The van der Waals surface area contributed by atoms with Crippen LogP contribution in [0.5, 0.6) is 5.75 Å². The van der Waals surface area contributed by atoms with Crippen molar-refractivity contribution >= 4 is 38.2 Å². The number of morpholine rings is 1. The van der Waals surface area contributed by atoms with Gasteiger partial charge in [-0.1, -0.05) is 18.2 Å². The number of benzene rings is 2. The molecule has 0 bridgehead atoms. The molecular formula is C31H30F3N7O4S. The number of fused-ring (bicyclic) bond motifs is 1. The molecule has 3 aromatic heterocycles. The van der Waals surface area contributed by atoms with Gasteiger partial charge in [0, 0.05) is 49.2 Å². The van der Waals surface area contributed by atoms with Gasteiger partial charge < -0.3 is 20.1 Å². The number of aromatic nitrogens is 4. The zero-order valence-electron chi connectivity index (χ0n) is 24.8. The van der Waals surface area contributed by atoms with E-state index in [1.54, 1.807) is 31.0 Å². The fourth-order valence-corrected chi connectivity index (χ4v) is 5.88. The molecule has 0 unspecified atom stereocenters. The third kappa shape index (κ3) is 6.15. The van der Waals surface area contributed by atoms with Crippen molar-refractivity contribution < 1.29 is 31.1 Å². The zero-order valence-corrected chi connectivity index (χ0v) is 25.6. The van der Waals surface area contributed by atoms with Crippen LogP contribution < -0.4 is 20.1 Å². The van der Waals surface area contributed by atoms with Crippen molar-refractivity contribution in [1.82, 2.24) is 19.7 Å². The van der Waals surface area contributed by atoms with E-state index in [0.29, 0.717) is 40.9 Å². The maximum Gasteiger partial charge on any atom is 0.355 e. The predicted octanol–water partition coefficient (Wildman–Crippen LogP) is 5.36. The van der Waals surface area contributed by atoms with Crippen molar-refractivity contribution in [3.8, 4) is 28.1 Å². The molecule has 240 valence electrons. The highest BCUT2D eigenvalue weighted by Crippen LogP contribution is 2.40. The number of pyridine rings is 2. The molecule has 5 aromatic rings. The van der Waals surface area contributed by atoms with Gasteiger partial charge in [0.2, 0.25) is 0 Å². The second-order valence-electron chi connectivity index (χ2n) is 10.7. The number of sulfonamides is 1. The van der Waals surface area contributed by atoms with E-state index in [9.17, 15) is 21.6 Å². The highest BCUT2D eigenvalue weighted by atomic mass is 32.2. The molecule has 46 heavy (non-hydrogen) atoms. The Morgan fingerprint density at radius 3 is 2.39 bits per heavy atom. The Hall–Kier alpha value is -4.89. The molecule has 0 amide bonds. The van der Waals surface area contributed by atoms with Crippen LogP contribution in [0.25, 0.3) is 33.3 Å². The number of alkyl halides is 2. The average molecular weight is 654 g/mol. The third-order valence-corrected chi connectivity index (χ3v) is 8.64. The lowest BCUT2D eigenvalue weighted by Gasteiger charge is -2.27. The smallest absolute Gasteiger partial charge is 0.355 e. The molecule has 4 heterocycles. The number of nitrogen functional groups attached to an aromatic ring is 1. The second-order valence-corrected chi connectivity index (χ2v) is 12.3. The lowest BCUT2D eigenvalue weighted by molar-refractivity contribution is 0.122. The number of hydrogen-bond donors (Lipinski definition) is 2. The van der Waals surface area contributed by atoms with Crippen LogP contribution in [-0.4, -0.2) is 60.2 Å². The van der Waals surface area contributed by atoms with Crippen molar-refractivity contribution in [2.45, 2.75) is 18.8 Å². The molecule has 11 nitrogen and oxygen atoms in total. The summed E-state index contributed by atoms with van der Waals surface area (Å²) >= 11 is 0. The number of halogens is 3. The van der Waals surface area contributed by atoms with Gasteiger partial charge in [0.15, 0.2) is 0 Å². The predicted molar refractivity (Wildman–Crippen MR) is 169 cm³/mol. The lowest BCUT2D eigenvalue weighted by Crippen LogP contribution is -2.36. The summed E-state index contributed by atoms with van der Waals surface area (Å²) in [5.41, 5.74) is 9.81. The number of nitrogens with two attached hydrogens (primary N) is 1.